The minimum atomic E-state index is 0.778. The molecule has 0 saturated carbocycles. The topological polar surface area (TPSA) is 85.0 Å². The van der Waals surface area contributed by atoms with Crippen molar-refractivity contribution in [1.29, 1.82) is 0 Å². The fourth-order valence-corrected chi connectivity index (χ4v) is 2.24. The van der Waals surface area contributed by atoms with Crippen LogP contribution in [-0.2, 0) is 19.5 Å². The maximum atomic E-state index is 4.59. The van der Waals surface area contributed by atoms with E-state index in [-0.39, 0.29) is 0 Å². The smallest absolute Gasteiger partial charge is 0.191 e. The molecule has 0 amide bonds. The number of nitrogens with one attached hydrogen (secondary N) is 2. The number of imidazole rings is 1. The first kappa shape index (κ1) is 17.0. The van der Waals surface area contributed by atoms with Crippen LogP contribution in [0.5, 0.6) is 0 Å². The minimum Gasteiger partial charge on any atom is -0.357 e. The summed E-state index contributed by atoms with van der Waals surface area (Å²) < 4.78 is 4.13. The van der Waals surface area contributed by atoms with Crippen LogP contribution in [0.1, 0.15) is 26.1 Å². The monoisotopic (exact) mass is 318 g/mol. The van der Waals surface area contributed by atoms with Crippen molar-refractivity contribution in [3.8, 4) is 0 Å². The van der Waals surface area contributed by atoms with Crippen molar-refractivity contribution < 1.29 is 0 Å². The van der Waals surface area contributed by atoms with E-state index in [0.717, 1.165) is 57.3 Å². The second kappa shape index (κ2) is 9.60. The molecular weight excluding hydrogens is 292 g/mol. The molecule has 2 heterocycles. The summed E-state index contributed by atoms with van der Waals surface area (Å²) in [4.78, 5) is 8.63. The van der Waals surface area contributed by atoms with Crippen LogP contribution >= 0.6 is 0 Å². The number of aliphatic imine (C=N–C) groups is 1. The molecule has 126 valence electrons. The van der Waals surface area contributed by atoms with Gasteiger partial charge in [0.25, 0.3) is 0 Å². The quantitative estimate of drug-likeness (QED) is 0.403. The van der Waals surface area contributed by atoms with Crippen LogP contribution in [0.3, 0.4) is 0 Å². The Morgan fingerprint density at radius 3 is 2.87 bits per heavy atom. The number of guanidine groups is 1. The van der Waals surface area contributed by atoms with Gasteiger partial charge >= 0.3 is 0 Å². The second-order valence-electron chi connectivity index (χ2n) is 5.14. The van der Waals surface area contributed by atoms with E-state index >= 15 is 0 Å². The molecule has 0 aromatic carbocycles. The molecule has 8 heteroatoms. The average Bonchev–Trinajstić information content (AvgIpc) is 3.22. The van der Waals surface area contributed by atoms with E-state index in [4.69, 9.17) is 0 Å². The highest BCUT2D eigenvalue weighted by atomic mass is 15.3. The molecular formula is C15H26N8. The van der Waals surface area contributed by atoms with Crippen molar-refractivity contribution >= 4 is 5.96 Å². The molecule has 0 aliphatic heterocycles. The van der Waals surface area contributed by atoms with Gasteiger partial charge in [-0.25, -0.2) is 4.98 Å². The SMILES string of the molecule is CCNC(=NCCCn1ccnc1)NCCn1cnnc1CC. The van der Waals surface area contributed by atoms with E-state index in [1.165, 1.54) is 0 Å². The molecule has 0 fully saturated rings. The summed E-state index contributed by atoms with van der Waals surface area (Å²) in [5.41, 5.74) is 0. The number of hydrogen-bond donors (Lipinski definition) is 2. The van der Waals surface area contributed by atoms with Crippen molar-refractivity contribution in [3.63, 3.8) is 0 Å². The van der Waals surface area contributed by atoms with Crippen molar-refractivity contribution in [2.45, 2.75) is 39.8 Å². The Morgan fingerprint density at radius 2 is 2.13 bits per heavy atom. The number of nitrogens with zero attached hydrogens (tertiary/aromatic N) is 6. The lowest BCUT2D eigenvalue weighted by Gasteiger charge is -2.12. The summed E-state index contributed by atoms with van der Waals surface area (Å²) in [6, 6.07) is 0. The summed E-state index contributed by atoms with van der Waals surface area (Å²) in [5, 5.41) is 14.6. The highest BCUT2D eigenvalue weighted by Crippen LogP contribution is 1.95. The molecule has 0 bridgehead atoms. The van der Waals surface area contributed by atoms with Crippen LogP contribution in [0.4, 0.5) is 0 Å². The average molecular weight is 318 g/mol. The summed E-state index contributed by atoms with van der Waals surface area (Å²) in [5.74, 6) is 1.86. The molecule has 0 unspecified atom stereocenters. The van der Waals surface area contributed by atoms with Crippen LogP contribution in [-0.4, -0.2) is 49.9 Å². The van der Waals surface area contributed by atoms with Crippen LogP contribution in [0.2, 0.25) is 0 Å². The number of aryl methyl sites for hydroxylation is 2. The lowest BCUT2D eigenvalue weighted by molar-refractivity contribution is 0.626. The highest BCUT2D eigenvalue weighted by Gasteiger charge is 2.02. The van der Waals surface area contributed by atoms with E-state index in [1.807, 2.05) is 12.5 Å². The fourth-order valence-electron chi connectivity index (χ4n) is 2.24. The molecule has 0 saturated heterocycles. The van der Waals surface area contributed by atoms with Gasteiger partial charge in [0.15, 0.2) is 5.96 Å². The number of hydrogen-bond acceptors (Lipinski definition) is 4. The molecule has 2 aromatic heterocycles. The molecule has 2 N–H and O–H groups in total. The van der Waals surface area contributed by atoms with Crippen molar-refractivity contribution in [2.75, 3.05) is 19.6 Å². The van der Waals surface area contributed by atoms with Gasteiger partial charge < -0.3 is 19.8 Å². The van der Waals surface area contributed by atoms with Crippen molar-refractivity contribution in [3.05, 3.63) is 30.9 Å². The first-order valence-corrected chi connectivity index (χ1v) is 8.18. The lowest BCUT2D eigenvalue weighted by Crippen LogP contribution is -2.39. The Labute approximate surface area is 137 Å². The van der Waals surface area contributed by atoms with E-state index in [9.17, 15) is 0 Å². The Balaban J connectivity index is 1.72. The molecule has 23 heavy (non-hydrogen) atoms. The van der Waals surface area contributed by atoms with Gasteiger partial charge in [0.1, 0.15) is 12.2 Å². The molecule has 0 atom stereocenters. The summed E-state index contributed by atoms with van der Waals surface area (Å²) >= 11 is 0. The Bertz CT molecular complexity index is 572. The molecule has 0 spiro atoms. The van der Waals surface area contributed by atoms with Crippen LogP contribution < -0.4 is 10.6 Å². The fraction of sp³-hybridized carbons (Fsp3) is 0.600. The predicted molar refractivity (Wildman–Crippen MR) is 90.2 cm³/mol. The minimum absolute atomic E-state index is 0.778. The first-order chi connectivity index (χ1) is 11.3. The van der Waals surface area contributed by atoms with Gasteiger partial charge in [-0.1, -0.05) is 6.92 Å². The zero-order chi connectivity index (χ0) is 16.3. The largest absolute Gasteiger partial charge is 0.357 e. The van der Waals surface area contributed by atoms with Crippen LogP contribution in [0, 0.1) is 0 Å². The van der Waals surface area contributed by atoms with Crippen LogP contribution in [0.25, 0.3) is 0 Å². The summed E-state index contributed by atoms with van der Waals surface area (Å²) in [7, 11) is 0. The van der Waals surface area contributed by atoms with Gasteiger partial charge in [0, 0.05) is 51.5 Å². The predicted octanol–water partition coefficient (Wildman–Crippen LogP) is 0.682. The maximum Gasteiger partial charge on any atom is 0.191 e. The normalized spacial score (nSPS) is 11.7. The first-order valence-electron chi connectivity index (χ1n) is 8.18. The van der Waals surface area contributed by atoms with E-state index in [2.05, 4.69) is 53.8 Å². The zero-order valence-electron chi connectivity index (χ0n) is 13.9. The standard InChI is InChI=1S/C15H26N8/c1-3-14-21-20-13-23(14)11-8-19-15(17-4-2)18-6-5-9-22-10-7-16-12-22/h7,10,12-13H,3-6,8-9,11H2,1-2H3,(H2,17,18,19). The van der Waals surface area contributed by atoms with Crippen LogP contribution in [0.15, 0.2) is 30.0 Å². The maximum absolute atomic E-state index is 4.59. The summed E-state index contributed by atoms with van der Waals surface area (Å²) in [6.07, 6.45) is 9.25. The molecule has 0 radical (unpaired) electrons. The van der Waals surface area contributed by atoms with E-state index < -0.39 is 0 Å². The molecule has 0 aliphatic rings. The second-order valence-corrected chi connectivity index (χ2v) is 5.14. The third-order valence-corrected chi connectivity index (χ3v) is 3.40. The number of rotatable bonds is 9. The Morgan fingerprint density at radius 1 is 1.22 bits per heavy atom. The van der Waals surface area contributed by atoms with Gasteiger partial charge in [-0.15, -0.1) is 10.2 Å². The van der Waals surface area contributed by atoms with Crippen molar-refractivity contribution in [1.82, 2.24) is 34.9 Å². The number of aromatic nitrogens is 5. The van der Waals surface area contributed by atoms with Crippen molar-refractivity contribution in [2.24, 2.45) is 4.99 Å². The van der Waals surface area contributed by atoms with Gasteiger partial charge in [-0.05, 0) is 13.3 Å². The zero-order valence-corrected chi connectivity index (χ0v) is 13.9. The highest BCUT2D eigenvalue weighted by molar-refractivity contribution is 5.79. The molecule has 8 nitrogen and oxygen atoms in total. The summed E-state index contributed by atoms with van der Waals surface area (Å²) in [6.45, 7) is 8.33. The van der Waals surface area contributed by atoms with Gasteiger partial charge in [-0.3, -0.25) is 4.99 Å². The third-order valence-electron chi connectivity index (χ3n) is 3.40. The lowest BCUT2D eigenvalue weighted by atomic mass is 10.4. The van der Waals surface area contributed by atoms with Gasteiger partial charge in [0.05, 0.1) is 6.33 Å². The van der Waals surface area contributed by atoms with E-state index in [0.29, 0.717) is 0 Å². The Hall–Kier alpha value is -2.38. The third kappa shape index (κ3) is 5.72. The van der Waals surface area contributed by atoms with Gasteiger partial charge in [0.2, 0.25) is 0 Å². The molecule has 2 aromatic rings. The molecule has 2 rings (SSSR count). The van der Waals surface area contributed by atoms with E-state index in [1.54, 1.807) is 12.5 Å². The van der Waals surface area contributed by atoms with Gasteiger partial charge in [-0.2, -0.15) is 0 Å². The molecule has 0 aliphatic carbocycles. The Kier molecular flexibility index (Phi) is 7.09.